The molecular weight excluding hydrogens is 442 g/mol. The fraction of sp³-hybridized carbons (Fsp3) is 0.0833. The molecule has 0 amide bonds. The molecule has 0 bridgehead atoms. The number of hydrogen-bond donors (Lipinski definition) is 0. The van der Waals surface area contributed by atoms with E-state index in [-0.39, 0.29) is 6.04 Å². The number of thiazole rings is 1. The van der Waals surface area contributed by atoms with Crippen molar-refractivity contribution in [3.63, 3.8) is 0 Å². The van der Waals surface area contributed by atoms with Crippen LogP contribution in [0.25, 0.3) is 11.3 Å². The zero-order chi connectivity index (χ0) is 19.6. The first kappa shape index (κ1) is 18.3. The van der Waals surface area contributed by atoms with E-state index in [2.05, 4.69) is 93.0 Å². The van der Waals surface area contributed by atoms with Gasteiger partial charge in [-0.25, -0.2) is 9.99 Å². The van der Waals surface area contributed by atoms with Crippen molar-refractivity contribution in [3.8, 4) is 11.3 Å². The Labute approximate surface area is 182 Å². The molecule has 1 aliphatic heterocycles. The average molecular weight is 460 g/mol. The highest BCUT2D eigenvalue weighted by molar-refractivity contribution is 9.10. The average Bonchev–Trinajstić information content (AvgIpc) is 3.43. The summed E-state index contributed by atoms with van der Waals surface area (Å²) in [6.07, 6.45) is 0.862. The SMILES string of the molecule is Brc1ccc(-c2csc(N3N=C(c4ccccc4)C[C@H]3c3ccccc3)n2)cc1. The summed E-state index contributed by atoms with van der Waals surface area (Å²) in [5.74, 6) is 0. The Morgan fingerprint density at radius 3 is 2.24 bits per heavy atom. The van der Waals surface area contributed by atoms with E-state index in [4.69, 9.17) is 10.1 Å². The lowest BCUT2D eigenvalue weighted by molar-refractivity contribution is 0.706. The van der Waals surface area contributed by atoms with Gasteiger partial charge >= 0.3 is 0 Å². The Balaban J connectivity index is 1.53. The molecule has 4 aromatic rings. The van der Waals surface area contributed by atoms with Crippen LogP contribution in [0.5, 0.6) is 0 Å². The highest BCUT2D eigenvalue weighted by Gasteiger charge is 2.31. The second-order valence-corrected chi connectivity index (χ2v) is 8.66. The molecule has 1 aliphatic rings. The van der Waals surface area contributed by atoms with E-state index in [1.807, 2.05) is 18.2 Å². The molecule has 0 radical (unpaired) electrons. The van der Waals surface area contributed by atoms with Crippen molar-refractivity contribution >= 4 is 38.1 Å². The van der Waals surface area contributed by atoms with Crippen LogP contribution in [0.1, 0.15) is 23.6 Å². The molecule has 29 heavy (non-hydrogen) atoms. The number of hydrogen-bond acceptors (Lipinski definition) is 4. The number of hydrazone groups is 1. The van der Waals surface area contributed by atoms with E-state index in [0.29, 0.717) is 0 Å². The fourth-order valence-corrected chi connectivity index (χ4v) is 4.65. The van der Waals surface area contributed by atoms with Crippen LogP contribution in [0.15, 0.2) is 99.9 Å². The Morgan fingerprint density at radius 2 is 1.52 bits per heavy atom. The van der Waals surface area contributed by atoms with Crippen LogP contribution in [0, 0.1) is 0 Å². The summed E-state index contributed by atoms with van der Waals surface area (Å²) < 4.78 is 1.07. The predicted molar refractivity (Wildman–Crippen MR) is 125 cm³/mol. The van der Waals surface area contributed by atoms with E-state index < -0.39 is 0 Å². The minimum Gasteiger partial charge on any atom is -0.231 e. The highest BCUT2D eigenvalue weighted by Crippen LogP contribution is 2.39. The Morgan fingerprint density at radius 1 is 0.828 bits per heavy atom. The van der Waals surface area contributed by atoms with Crippen LogP contribution in [-0.2, 0) is 0 Å². The first-order valence-corrected chi connectivity index (χ1v) is 11.1. The largest absolute Gasteiger partial charge is 0.231 e. The van der Waals surface area contributed by atoms with Gasteiger partial charge in [0.05, 0.1) is 17.4 Å². The molecular formula is C24H18BrN3S. The molecule has 0 aliphatic carbocycles. The van der Waals surface area contributed by atoms with Crippen molar-refractivity contribution in [2.75, 3.05) is 5.01 Å². The number of aromatic nitrogens is 1. The van der Waals surface area contributed by atoms with Crippen molar-refractivity contribution in [3.05, 3.63) is 106 Å². The summed E-state index contributed by atoms with van der Waals surface area (Å²) in [7, 11) is 0. The van der Waals surface area contributed by atoms with E-state index >= 15 is 0 Å². The maximum Gasteiger partial charge on any atom is 0.207 e. The van der Waals surface area contributed by atoms with Gasteiger partial charge in [-0.1, -0.05) is 88.7 Å². The fourth-order valence-electron chi connectivity index (χ4n) is 3.55. The van der Waals surface area contributed by atoms with Gasteiger partial charge in [0.25, 0.3) is 0 Å². The molecule has 0 saturated heterocycles. The number of halogens is 1. The maximum atomic E-state index is 5.00. The van der Waals surface area contributed by atoms with E-state index in [1.165, 1.54) is 11.1 Å². The summed E-state index contributed by atoms with van der Waals surface area (Å²) in [5, 5.41) is 10.1. The first-order chi connectivity index (χ1) is 14.3. The van der Waals surface area contributed by atoms with Gasteiger partial charge < -0.3 is 0 Å². The smallest absolute Gasteiger partial charge is 0.207 e. The molecule has 2 heterocycles. The molecule has 1 atom stereocenters. The Bertz CT molecular complexity index is 1140. The van der Waals surface area contributed by atoms with Crippen LogP contribution in [-0.4, -0.2) is 10.7 Å². The Kier molecular flexibility index (Phi) is 5.00. The van der Waals surface area contributed by atoms with Crippen molar-refractivity contribution in [1.29, 1.82) is 0 Å². The van der Waals surface area contributed by atoms with Crippen molar-refractivity contribution < 1.29 is 0 Å². The van der Waals surface area contributed by atoms with Gasteiger partial charge in [0.15, 0.2) is 0 Å². The third-order valence-corrected chi connectivity index (χ3v) is 6.39. The summed E-state index contributed by atoms with van der Waals surface area (Å²) in [4.78, 5) is 4.92. The van der Waals surface area contributed by atoms with Gasteiger partial charge in [0.2, 0.25) is 5.13 Å². The molecule has 0 fully saturated rings. The summed E-state index contributed by atoms with van der Waals surface area (Å²) in [6.45, 7) is 0. The molecule has 5 rings (SSSR count). The molecule has 0 N–H and O–H groups in total. The molecule has 3 nitrogen and oxygen atoms in total. The lowest BCUT2D eigenvalue weighted by Gasteiger charge is -2.21. The molecule has 5 heteroatoms. The Hall–Kier alpha value is -2.76. The van der Waals surface area contributed by atoms with E-state index in [1.54, 1.807) is 11.3 Å². The quantitative estimate of drug-likeness (QED) is 0.331. The van der Waals surface area contributed by atoms with Gasteiger partial charge in [-0.2, -0.15) is 5.10 Å². The van der Waals surface area contributed by atoms with Crippen molar-refractivity contribution in [1.82, 2.24) is 4.98 Å². The highest BCUT2D eigenvalue weighted by atomic mass is 79.9. The van der Waals surface area contributed by atoms with Gasteiger partial charge in [-0.15, -0.1) is 11.3 Å². The topological polar surface area (TPSA) is 28.5 Å². The third kappa shape index (κ3) is 3.76. The number of nitrogens with zero attached hydrogens (tertiary/aromatic N) is 3. The molecule has 142 valence electrons. The maximum absolute atomic E-state index is 5.00. The summed E-state index contributed by atoms with van der Waals surface area (Å²) in [6, 6.07) is 29.4. The minimum atomic E-state index is 0.148. The minimum absolute atomic E-state index is 0.148. The first-order valence-electron chi connectivity index (χ1n) is 9.46. The summed E-state index contributed by atoms with van der Waals surface area (Å²) >= 11 is 5.13. The van der Waals surface area contributed by atoms with Gasteiger partial charge in [0, 0.05) is 21.8 Å². The van der Waals surface area contributed by atoms with Crippen molar-refractivity contribution in [2.24, 2.45) is 5.10 Å². The lowest BCUT2D eigenvalue weighted by Crippen LogP contribution is -2.18. The lowest BCUT2D eigenvalue weighted by atomic mass is 9.99. The van der Waals surface area contributed by atoms with Crippen LogP contribution in [0.3, 0.4) is 0 Å². The van der Waals surface area contributed by atoms with Gasteiger partial charge in [-0.05, 0) is 23.3 Å². The zero-order valence-electron chi connectivity index (χ0n) is 15.6. The molecule has 0 spiro atoms. The van der Waals surface area contributed by atoms with E-state index in [0.717, 1.165) is 33.0 Å². The molecule has 1 aromatic heterocycles. The molecule has 3 aromatic carbocycles. The van der Waals surface area contributed by atoms with Gasteiger partial charge in [0.1, 0.15) is 0 Å². The third-order valence-electron chi connectivity index (χ3n) is 5.03. The molecule has 0 unspecified atom stereocenters. The molecule has 0 saturated carbocycles. The van der Waals surface area contributed by atoms with Crippen LogP contribution >= 0.6 is 27.3 Å². The summed E-state index contributed by atoms with van der Waals surface area (Å²) in [5.41, 5.74) is 5.61. The standard InChI is InChI=1S/C24H18BrN3S/c25-20-13-11-18(12-14-20)22-16-29-24(26-22)28-23(19-9-5-2-6-10-19)15-21(27-28)17-7-3-1-4-8-17/h1-14,16,23H,15H2/t23-/m0/s1. The zero-order valence-corrected chi connectivity index (χ0v) is 18.0. The number of rotatable bonds is 4. The van der Waals surface area contributed by atoms with Gasteiger partial charge in [-0.3, -0.25) is 0 Å². The van der Waals surface area contributed by atoms with Crippen molar-refractivity contribution in [2.45, 2.75) is 12.5 Å². The second kappa shape index (κ2) is 7.93. The monoisotopic (exact) mass is 459 g/mol. The number of anilines is 1. The van der Waals surface area contributed by atoms with E-state index in [9.17, 15) is 0 Å². The predicted octanol–water partition coefficient (Wildman–Crippen LogP) is 6.93. The second-order valence-electron chi connectivity index (χ2n) is 6.91. The van der Waals surface area contributed by atoms with Crippen LogP contribution in [0.4, 0.5) is 5.13 Å². The van der Waals surface area contributed by atoms with Crippen LogP contribution < -0.4 is 5.01 Å². The van der Waals surface area contributed by atoms with Crippen LogP contribution in [0.2, 0.25) is 0 Å². The number of benzene rings is 3. The normalized spacial score (nSPS) is 16.1.